The topological polar surface area (TPSA) is 84.0 Å². The number of aromatic nitrogens is 2. The lowest BCUT2D eigenvalue weighted by molar-refractivity contribution is 0.101. The van der Waals surface area contributed by atoms with E-state index in [0.29, 0.717) is 0 Å². The van der Waals surface area contributed by atoms with Crippen molar-refractivity contribution in [3.8, 4) is 0 Å². The zero-order valence-corrected chi connectivity index (χ0v) is 14.0. The van der Waals surface area contributed by atoms with Crippen LogP contribution in [0.5, 0.6) is 0 Å². The van der Waals surface area contributed by atoms with Gasteiger partial charge in [0.1, 0.15) is 16.7 Å². The van der Waals surface area contributed by atoms with Crippen molar-refractivity contribution < 1.29 is 14.0 Å². The van der Waals surface area contributed by atoms with Gasteiger partial charge in [-0.1, -0.05) is 17.7 Å². The van der Waals surface area contributed by atoms with Crippen LogP contribution in [0.15, 0.2) is 60.9 Å². The molecule has 2 heterocycles. The molecule has 0 aliphatic carbocycles. The smallest absolute Gasteiger partial charge is 0.274 e. The number of nitrogens with one attached hydrogen (secondary N) is 2. The monoisotopic (exact) mass is 370 g/mol. The zero-order chi connectivity index (χ0) is 18.5. The summed E-state index contributed by atoms with van der Waals surface area (Å²) in [5.41, 5.74) is 0.772. The molecule has 0 radical (unpaired) electrons. The fourth-order valence-corrected chi connectivity index (χ4v) is 2.32. The number of carbonyl (C=O) groups excluding carboxylic acids is 2. The number of amides is 2. The van der Waals surface area contributed by atoms with Crippen LogP contribution in [0, 0.1) is 5.82 Å². The number of rotatable bonds is 4. The van der Waals surface area contributed by atoms with Crippen molar-refractivity contribution in [2.45, 2.75) is 0 Å². The number of halogens is 2. The summed E-state index contributed by atoms with van der Waals surface area (Å²) in [5, 5.41) is 5.31. The van der Waals surface area contributed by atoms with Gasteiger partial charge in [0.2, 0.25) is 0 Å². The van der Waals surface area contributed by atoms with Gasteiger partial charge >= 0.3 is 0 Å². The number of hydrogen-bond acceptors (Lipinski definition) is 4. The summed E-state index contributed by atoms with van der Waals surface area (Å²) in [6.45, 7) is 0. The van der Waals surface area contributed by atoms with Gasteiger partial charge in [-0.3, -0.25) is 14.6 Å². The second kappa shape index (κ2) is 7.71. The third-order valence-electron chi connectivity index (χ3n) is 3.36. The molecule has 6 nitrogen and oxygen atoms in total. The van der Waals surface area contributed by atoms with Gasteiger partial charge < -0.3 is 10.6 Å². The summed E-state index contributed by atoms with van der Waals surface area (Å²) in [7, 11) is 0. The van der Waals surface area contributed by atoms with Crippen molar-refractivity contribution in [3.63, 3.8) is 0 Å². The van der Waals surface area contributed by atoms with Crippen LogP contribution in [0.3, 0.4) is 0 Å². The molecule has 0 bridgehead atoms. The average Bonchev–Trinajstić information content (AvgIpc) is 2.64. The molecule has 0 spiro atoms. The standard InChI is InChI=1S/C18H12ClFN4O2/c19-16-9-11(6-8-22-16)17(25)24-15-10-12(20)4-5-13(15)23-18(26)14-3-1-2-7-21-14/h1-10H,(H,23,26)(H,24,25). The predicted molar refractivity (Wildman–Crippen MR) is 95.8 cm³/mol. The van der Waals surface area contributed by atoms with Crippen molar-refractivity contribution in [1.29, 1.82) is 0 Å². The van der Waals surface area contributed by atoms with Gasteiger partial charge in [-0.25, -0.2) is 9.37 Å². The molecule has 26 heavy (non-hydrogen) atoms. The van der Waals surface area contributed by atoms with Gasteiger partial charge in [0.25, 0.3) is 11.8 Å². The van der Waals surface area contributed by atoms with E-state index in [-0.39, 0.29) is 27.8 Å². The number of nitrogens with zero attached hydrogens (tertiary/aromatic N) is 2. The van der Waals surface area contributed by atoms with Crippen molar-refractivity contribution in [1.82, 2.24) is 9.97 Å². The van der Waals surface area contributed by atoms with E-state index in [0.717, 1.165) is 6.07 Å². The van der Waals surface area contributed by atoms with Crippen molar-refractivity contribution in [3.05, 3.63) is 83.2 Å². The molecule has 0 aliphatic rings. The fraction of sp³-hybridized carbons (Fsp3) is 0. The predicted octanol–water partition coefficient (Wildman–Crippen LogP) is 3.77. The Labute approximate surface area is 153 Å². The van der Waals surface area contributed by atoms with Crippen LogP contribution in [0.25, 0.3) is 0 Å². The molecule has 0 saturated heterocycles. The SMILES string of the molecule is O=C(Nc1cc(F)ccc1NC(=O)c1ccccn1)c1ccnc(Cl)c1. The fourth-order valence-electron chi connectivity index (χ4n) is 2.15. The minimum absolute atomic E-state index is 0.104. The Hall–Kier alpha value is -3.32. The van der Waals surface area contributed by atoms with E-state index < -0.39 is 17.6 Å². The van der Waals surface area contributed by atoms with E-state index in [2.05, 4.69) is 20.6 Å². The first-order chi connectivity index (χ1) is 12.5. The second-order valence-corrected chi connectivity index (χ2v) is 5.57. The lowest BCUT2D eigenvalue weighted by Gasteiger charge is -2.12. The lowest BCUT2D eigenvalue weighted by atomic mass is 10.2. The minimum Gasteiger partial charge on any atom is -0.320 e. The first kappa shape index (κ1) is 17.5. The van der Waals surface area contributed by atoms with Crippen LogP contribution >= 0.6 is 11.6 Å². The van der Waals surface area contributed by atoms with E-state index in [1.165, 1.54) is 42.7 Å². The highest BCUT2D eigenvalue weighted by Crippen LogP contribution is 2.24. The maximum absolute atomic E-state index is 13.6. The van der Waals surface area contributed by atoms with Crippen LogP contribution in [-0.2, 0) is 0 Å². The van der Waals surface area contributed by atoms with Crippen LogP contribution in [0.2, 0.25) is 5.15 Å². The molecule has 2 aromatic heterocycles. The largest absolute Gasteiger partial charge is 0.320 e. The molecule has 0 fully saturated rings. The molecule has 130 valence electrons. The van der Waals surface area contributed by atoms with Gasteiger partial charge in [0.15, 0.2) is 0 Å². The Bertz CT molecular complexity index is 966. The van der Waals surface area contributed by atoms with E-state index in [4.69, 9.17) is 11.6 Å². The third kappa shape index (κ3) is 4.20. The summed E-state index contributed by atoms with van der Waals surface area (Å²) in [6.07, 6.45) is 2.86. The first-order valence-corrected chi connectivity index (χ1v) is 7.85. The zero-order valence-electron chi connectivity index (χ0n) is 13.2. The summed E-state index contributed by atoms with van der Waals surface area (Å²) in [4.78, 5) is 32.3. The van der Waals surface area contributed by atoms with Crippen LogP contribution in [0.4, 0.5) is 15.8 Å². The van der Waals surface area contributed by atoms with Crippen LogP contribution in [-0.4, -0.2) is 21.8 Å². The van der Waals surface area contributed by atoms with Gasteiger partial charge in [-0.2, -0.15) is 0 Å². The highest BCUT2D eigenvalue weighted by molar-refractivity contribution is 6.29. The number of anilines is 2. The van der Waals surface area contributed by atoms with Crippen molar-refractivity contribution >= 4 is 34.8 Å². The Kier molecular flexibility index (Phi) is 5.19. The average molecular weight is 371 g/mol. The highest BCUT2D eigenvalue weighted by atomic mass is 35.5. The van der Waals surface area contributed by atoms with E-state index in [1.807, 2.05) is 0 Å². The quantitative estimate of drug-likeness (QED) is 0.685. The molecular formula is C18H12ClFN4O2. The van der Waals surface area contributed by atoms with Gasteiger partial charge in [0.05, 0.1) is 11.4 Å². The third-order valence-corrected chi connectivity index (χ3v) is 3.57. The summed E-state index contributed by atoms with van der Waals surface area (Å²) in [6, 6.07) is 11.4. The highest BCUT2D eigenvalue weighted by Gasteiger charge is 2.14. The molecule has 2 N–H and O–H groups in total. The molecule has 3 rings (SSSR count). The van der Waals surface area contributed by atoms with E-state index in [9.17, 15) is 14.0 Å². The number of hydrogen-bond donors (Lipinski definition) is 2. The van der Waals surface area contributed by atoms with Gasteiger partial charge in [0, 0.05) is 18.0 Å². The first-order valence-electron chi connectivity index (χ1n) is 7.48. The van der Waals surface area contributed by atoms with E-state index in [1.54, 1.807) is 12.1 Å². The molecular weight excluding hydrogens is 359 g/mol. The van der Waals surface area contributed by atoms with Crippen molar-refractivity contribution in [2.75, 3.05) is 10.6 Å². The normalized spacial score (nSPS) is 10.2. The summed E-state index contributed by atoms with van der Waals surface area (Å²) in [5.74, 6) is -1.57. The molecule has 3 aromatic rings. The van der Waals surface area contributed by atoms with Crippen LogP contribution < -0.4 is 10.6 Å². The summed E-state index contributed by atoms with van der Waals surface area (Å²) >= 11 is 5.77. The minimum atomic E-state index is -0.566. The molecule has 0 atom stereocenters. The molecule has 8 heteroatoms. The van der Waals surface area contributed by atoms with Gasteiger partial charge in [-0.05, 0) is 42.5 Å². The molecule has 2 amide bonds. The van der Waals surface area contributed by atoms with Crippen molar-refractivity contribution in [2.24, 2.45) is 0 Å². The molecule has 0 unspecified atom stereocenters. The number of carbonyl (C=O) groups is 2. The maximum Gasteiger partial charge on any atom is 0.274 e. The maximum atomic E-state index is 13.6. The molecule has 0 saturated carbocycles. The Morgan fingerprint density at radius 3 is 2.42 bits per heavy atom. The number of pyridine rings is 2. The second-order valence-electron chi connectivity index (χ2n) is 5.18. The Morgan fingerprint density at radius 1 is 0.885 bits per heavy atom. The Balaban J connectivity index is 1.84. The Morgan fingerprint density at radius 2 is 1.69 bits per heavy atom. The molecule has 1 aromatic carbocycles. The van der Waals surface area contributed by atoms with Gasteiger partial charge in [-0.15, -0.1) is 0 Å². The number of benzene rings is 1. The van der Waals surface area contributed by atoms with Crippen LogP contribution in [0.1, 0.15) is 20.8 Å². The molecule has 0 aliphatic heterocycles. The lowest BCUT2D eigenvalue weighted by Crippen LogP contribution is -2.17. The van der Waals surface area contributed by atoms with E-state index >= 15 is 0 Å². The summed E-state index contributed by atoms with van der Waals surface area (Å²) < 4.78 is 13.6.